The predicted octanol–water partition coefficient (Wildman–Crippen LogP) is 3.44. The summed E-state index contributed by atoms with van der Waals surface area (Å²) in [5.74, 6) is 0.795. The molecule has 31 heavy (non-hydrogen) atoms. The molecule has 1 aromatic carbocycles. The molecule has 3 aromatic rings. The number of carbonyl (C=O) groups is 1. The molecule has 7 nitrogen and oxygen atoms in total. The third-order valence-electron chi connectivity index (χ3n) is 6.07. The van der Waals surface area contributed by atoms with E-state index in [0.717, 1.165) is 60.7 Å². The number of hydrogen-bond acceptors (Lipinski definition) is 5. The molecule has 0 atom stereocenters. The molecule has 1 aliphatic heterocycles. The Morgan fingerprint density at radius 3 is 2.61 bits per heavy atom. The van der Waals surface area contributed by atoms with Crippen LogP contribution in [0.25, 0.3) is 10.9 Å². The van der Waals surface area contributed by atoms with E-state index in [1.54, 1.807) is 4.90 Å². The Bertz CT molecular complexity index is 1100. The number of piperazine rings is 1. The molecule has 0 unspecified atom stereocenters. The average molecular weight is 441 g/mol. The van der Waals surface area contributed by atoms with E-state index in [0.29, 0.717) is 17.1 Å². The van der Waals surface area contributed by atoms with Crippen LogP contribution in [0.2, 0.25) is 5.02 Å². The van der Waals surface area contributed by atoms with E-state index in [1.165, 1.54) is 0 Å². The van der Waals surface area contributed by atoms with Gasteiger partial charge in [-0.1, -0.05) is 11.6 Å². The molecule has 3 heterocycles. The van der Waals surface area contributed by atoms with Gasteiger partial charge in [0, 0.05) is 68.0 Å². The summed E-state index contributed by atoms with van der Waals surface area (Å²) in [4.78, 5) is 24.7. The molecule has 4 rings (SSSR count). The van der Waals surface area contributed by atoms with E-state index in [9.17, 15) is 4.79 Å². The van der Waals surface area contributed by atoms with Crippen molar-refractivity contribution in [2.24, 2.45) is 0 Å². The SMILES string of the molecule is CCn1ncc(CN(C)C(=O)c2cc(N3CCN(C)CC3)nc3ccc(Cl)cc23)c1C. The van der Waals surface area contributed by atoms with Crippen LogP contribution < -0.4 is 4.90 Å². The normalized spacial score (nSPS) is 14.9. The molecule has 1 fully saturated rings. The monoisotopic (exact) mass is 440 g/mol. The highest BCUT2D eigenvalue weighted by atomic mass is 35.5. The minimum Gasteiger partial charge on any atom is -0.354 e. The second-order valence-electron chi connectivity index (χ2n) is 8.21. The van der Waals surface area contributed by atoms with Gasteiger partial charge in [-0.25, -0.2) is 4.98 Å². The maximum Gasteiger partial charge on any atom is 0.254 e. The lowest BCUT2D eigenvalue weighted by atomic mass is 10.1. The first-order valence-electron chi connectivity index (χ1n) is 10.7. The molecule has 8 heteroatoms. The maximum absolute atomic E-state index is 13.6. The number of carbonyl (C=O) groups excluding carboxylic acids is 1. The molecule has 164 valence electrons. The number of halogens is 1. The summed E-state index contributed by atoms with van der Waals surface area (Å²) in [6.07, 6.45) is 1.85. The standard InChI is InChI=1S/C23H29ClN6O/c1-5-30-16(2)17(14-25-30)15-28(4)23(31)20-13-22(29-10-8-27(3)9-11-29)26-21-7-6-18(24)12-19(20)21/h6-7,12-14H,5,8-11,15H2,1-4H3. The second kappa shape index (κ2) is 8.85. The molecule has 0 N–H and O–H groups in total. The Hall–Kier alpha value is -2.64. The fourth-order valence-electron chi connectivity index (χ4n) is 4.05. The van der Waals surface area contributed by atoms with E-state index in [4.69, 9.17) is 16.6 Å². The Labute approximate surface area is 188 Å². The summed E-state index contributed by atoms with van der Waals surface area (Å²) >= 11 is 6.27. The number of anilines is 1. The van der Waals surface area contributed by atoms with Crippen LogP contribution in [0.1, 0.15) is 28.5 Å². The van der Waals surface area contributed by atoms with Gasteiger partial charge in [0.25, 0.3) is 5.91 Å². The van der Waals surface area contributed by atoms with Crippen molar-refractivity contribution in [3.63, 3.8) is 0 Å². The van der Waals surface area contributed by atoms with Crippen LogP contribution in [0.3, 0.4) is 0 Å². The summed E-state index contributed by atoms with van der Waals surface area (Å²) in [7, 11) is 3.96. The number of likely N-dealkylation sites (N-methyl/N-ethyl adjacent to an activating group) is 1. The van der Waals surface area contributed by atoms with Crippen LogP contribution in [-0.2, 0) is 13.1 Å². The molecule has 0 radical (unpaired) electrons. The number of fused-ring (bicyclic) bond motifs is 1. The predicted molar refractivity (Wildman–Crippen MR) is 125 cm³/mol. The number of benzene rings is 1. The highest BCUT2D eigenvalue weighted by Gasteiger charge is 2.22. The largest absolute Gasteiger partial charge is 0.354 e. The van der Waals surface area contributed by atoms with E-state index < -0.39 is 0 Å². The van der Waals surface area contributed by atoms with E-state index in [2.05, 4.69) is 28.9 Å². The summed E-state index contributed by atoms with van der Waals surface area (Å²) < 4.78 is 1.95. The fourth-order valence-corrected chi connectivity index (χ4v) is 4.22. The zero-order valence-electron chi connectivity index (χ0n) is 18.6. The second-order valence-corrected chi connectivity index (χ2v) is 8.65. The smallest absolute Gasteiger partial charge is 0.254 e. The fraction of sp³-hybridized carbons (Fsp3) is 0.435. The van der Waals surface area contributed by atoms with Crippen LogP contribution >= 0.6 is 11.6 Å². The third kappa shape index (κ3) is 4.38. The van der Waals surface area contributed by atoms with Gasteiger partial charge in [0.05, 0.1) is 17.3 Å². The molecule has 2 aromatic heterocycles. The lowest BCUT2D eigenvalue weighted by Crippen LogP contribution is -2.44. The highest BCUT2D eigenvalue weighted by molar-refractivity contribution is 6.31. The van der Waals surface area contributed by atoms with E-state index in [-0.39, 0.29) is 5.91 Å². The van der Waals surface area contributed by atoms with Crippen molar-refractivity contribution in [3.8, 4) is 0 Å². The first-order valence-corrected chi connectivity index (χ1v) is 11.1. The van der Waals surface area contributed by atoms with Crippen molar-refractivity contribution in [1.29, 1.82) is 0 Å². The lowest BCUT2D eigenvalue weighted by Gasteiger charge is -2.33. The quantitative estimate of drug-likeness (QED) is 0.608. The lowest BCUT2D eigenvalue weighted by molar-refractivity contribution is 0.0787. The summed E-state index contributed by atoms with van der Waals surface area (Å²) in [6.45, 7) is 9.14. The van der Waals surface area contributed by atoms with Crippen LogP contribution in [0.4, 0.5) is 5.82 Å². The molecule has 0 bridgehead atoms. The van der Waals surface area contributed by atoms with Crippen LogP contribution in [0, 0.1) is 6.92 Å². The minimum atomic E-state index is -0.0475. The Balaban J connectivity index is 1.69. The summed E-state index contributed by atoms with van der Waals surface area (Å²) in [5, 5.41) is 5.78. The number of nitrogens with zero attached hydrogens (tertiary/aromatic N) is 6. The Morgan fingerprint density at radius 1 is 1.19 bits per heavy atom. The topological polar surface area (TPSA) is 57.5 Å². The zero-order valence-corrected chi connectivity index (χ0v) is 19.4. The minimum absolute atomic E-state index is 0.0475. The summed E-state index contributed by atoms with van der Waals surface area (Å²) in [6, 6.07) is 7.47. The molecule has 0 saturated carbocycles. The van der Waals surface area contributed by atoms with Crippen molar-refractivity contribution in [1.82, 2.24) is 24.6 Å². The van der Waals surface area contributed by atoms with Gasteiger partial charge in [-0.15, -0.1) is 0 Å². The van der Waals surface area contributed by atoms with Crippen molar-refractivity contribution in [2.45, 2.75) is 26.9 Å². The van der Waals surface area contributed by atoms with Crippen LogP contribution in [-0.4, -0.2) is 70.7 Å². The number of aromatic nitrogens is 3. The molecular weight excluding hydrogens is 412 g/mol. The van der Waals surface area contributed by atoms with Crippen molar-refractivity contribution < 1.29 is 4.79 Å². The zero-order chi connectivity index (χ0) is 22.1. The molecule has 0 spiro atoms. The number of hydrogen-bond donors (Lipinski definition) is 0. The van der Waals surface area contributed by atoms with Gasteiger partial charge < -0.3 is 14.7 Å². The number of aryl methyl sites for hydroxylation is 1. The number of rotatable bonds is 5. The first kappa shape index (κ1) is 21.6. The maximum atomic E-state index is 13.6. The van der Waals surface area contributed by atoms with Gasteiger partial charge in [0.2, 0.25) is 0 Å². The third-order valence-corrected chi connectivity index (χ3v) is 6.31. The van der Waals surface area contributed by atoms with E-state index in [1.807, 2.05) is 49.1 Å². The van der Waals surface area contributed by atoms with Crippen molar-refractivity contribution in [3.05, 3.63) is 52.3 Å². The van der Waals surface area contributed by atoms with Crippen LogP contribution in [0.15, 0.2) is 30.5 Å². The number of amides is 1. The van der Waals surface area contributed by atoms with Crippen molar-refractivity contribution >= 4 is 34.2 Å². The molecule has 1 saturated heterocycles. The van der Waals surface area contributed by atoms with Gasteiger partial charge in [0.1, 0.15) is 5.82 Å². The molecular formula is C23H29ClN6O. The number of pyridine rings is 1. The highest BCUT2D eigenvalue weighted by Crippen LogP contribution is 2.28. The van der Waals surface area contributed by atoms with Gasteiger partial charge in [-0.05, 0) is 45.2 Å². The molecule has 1 amide bonds. The Kier molecular flexibility index (Phi) is 6.16. The van der Waals surface area contributed by atoms with Crippen molar-refractivity contribution in [2.75, 3.05) is 45.2 Å². The van der Waals surface area contributed by atoms with Gasteiger partial charge in [-0.3, -0.25) is 9.48 Å². The molecule has 1 aliphatic rings. The van der Waals surface area contributed by atoms with Gasteiger partial charge >= 0.3 is 0 Å². The van der Waals surface area contributed by atoms with Gasteiger partial charge in [0.15, 0.2) is 0 Å². The van der Waals surface area contributed by atoms with E-state index >= 15 is 0 Å². The van der Waals surface area contributed by atoms with Gasteiger partial charge in [-0.2, -0.15) is 5.10 Å². The average Bonchev–Trinajstić information content (AvgIpc) is 3.12. The summed E-state index contributed by atoms with van der Waals surface area (Å²) in [5.41, 5.74) is 3.55. The Morgan fingerprint density at radius 2 is 1.94 bits per heavy atom. The first-order chi connectivity index (χ1) is 14.9. The van der Waals surface area contributed by atoms with Crippen LogP contribution in [0.5, 0.6) is 0 Å². The molecule has 0 aliphatic carbocycles.